The van der Waals surface area contributed by atoms with Crippen LogP contribution in [0.15, 0.2) is 24.3 Å². The number of carbonyl (C=O) groups excluding carboxylic acids is 1. The minimum absolute atomic E-state index is 0.0594. The monoisotopic (exact) mass is 323 g/mol. The molecule has 5 heteroatoms. The third kappa shape index (κ3) is 5.50. The van der Waals surface area contributed by atoms with Crippen LogP contribution in [0.1, 0.15) is 25.3 Å². The van der Waals surface area contributed by atoms with Crippen molar-refractivity contribution in [2.45, 2.75) is 26.2 Å². The first-order chi connectivity index (χ1) is 10.7. The van der Waals surface area contributed by atoms with Crippen molar-refractivity contribution in [2.75, 3.05) is 39.3 Å². The number of halogens is 1. The number of rotatable bonds is 6. The van der Waals surface area contributed by atoms with Crippen molar-refractivity contribution in [3.63, 3.8) is 0 Å². The van der Waals surface area contributed by atoms with Crippen molar-refractivity contribution in [1.82, 2.24) is 15.1 Å². The van der Waals surface area contributed by atoms with Crippen molar-refractivity contribution in [3.05, 3.63) is 34.9 Å². The fraction of sp³-hybridized carbons (Fsp3) is 0.588. The van der Waals surface area contributed by atoms with E-state index in [1.54, 1.807) is 0 Å². The summed E-state index contributed by atoms with van der Waals surface area (Å²) in [5.41, 5.74) is 1.19. The summed E-state index contributed by atoms with van der Waals surface area (Å²) in [6.07, 6.45) is 3.30. The average Bonchev–Trinajstić information content (AvgIpc) is 2.55. The number of urea groups is 1. The molecule has 2 rings (SSSR count). The van der Waals surface area contributed by atoms with E-state index in [4.69, 9.17) is 11.6 Å². The molecule has 0 radical (unpaired) electrons. The van der Waals surface area contributed by atoms with Gasteiger partial charge in [-0.15, -0.1) is 0 Å². The zero-order chi connectivity index (χ0) is 15.8. The Hall–Kier alpha value is -1.26. The Labute approximate surface area is 138 Å². The van der Waals surface area contributed by atoms with Gasteiger partial charge in [0, 0.05) is 37.7 Å². The highest BCUT2D eigenvalue weighted by molar-refractivity contribution is 6.30. The van der Waals surface area contributed by atoms with E-state index in [1.807, 2.05) is 29.2 Å². The number of carbonyl (C=O) groups is 1. The molecule has 0 saturated carbocycles. The van der Waals surface area contributed by atoms with Gasteiger partial charge < -0.3 is 10.2 Å². The van der Waals surface area contributed by atoms with E-state index in [0.29, 0.717) is 6.54 Å². The van der Waals surface area contributed by atoms with Crippen molar-refractivity contribution in [1.29, 1.82) is 0 Å². The van der Waals surface area contributed by atoms with E-state index in [-0.39, 0.29) is 6.03 Å². The van der Waals surface area contributed by atoms with Gasteiger partial charge in [-0.05, 0) is 37.1 Å². The summed E-state index contributed by atoms with van der Waals surface area (Å²) in [7, 11) is 0. The van der Waals surface area contributed by atoms with Crippen LogP contribution in [-0.4, -0.2) is 55.1 Å². The maximum absolute atomic E-state index is 12.1. The molecule has 1 aromatic carbocycles. The highest BCUT2D eigenvalue weighted by Gasteiger charge is 2.20. The van der Waals surface area contributed by atoms with Crippen molar-refractivity contribution in [2.24, 2.45) is 0 Å². The van der Waals surface area contributed by atoms with Gasteiger partial charge in [0.1, 0.15) is 0 Å². The lowest BCUT2D eigenvalue weighted by atomic mass is 10.1. The lowest BCUT2D eigenvalue weighted by Crippen LogP contribution is -2.52. The van der Waals surface area contributed by atoms with Gasteiger partial charge >= 0.3 is 6.03 Å². The van der Waals surface area contributed by atoms with Crippen LogP contribution in [0, 0.1) is 0 Å². The minimum atomic E-state index is 0.0594. The Balaban J connectivity index is 1.64. The molecule has 2 amide bonds. The Kier molecular flexibility index (Phi) is 7.00. The molecule has 0 atom stereocenters. The van der Waals surface area contributed by atoms with Gasteiger partial charge in [0.25, 0.3) is 0 Å². The molecule has 1 saturated heterocycles. The predicted octanol–water partition coefficient (Wildman–Crippen LogP) is 3.01. The second-order valence-electron chi connectivity index (χ2n) is 5.79. The molecule has 1 aromatic rings. The molecule has 1 fully saturated rings. The number of hydrogen-bond donors (Lipinski definition) is 1. The molecule has 0 spiro atoms. The first-order valence-corrected chi connectivity index (χ1v) is 8.56. The maximum Gasteiger partial charge on any atom is 0.317 e. The normalized spacial score (nSPS) is 15.8. The Morgan fingerprint density at radius 1 is 1.18 bits per heavy atom. The van der Waals surface area contributed by atoms with Gasteiger partial charge in [0.15, 0.2) is 0 Å². The summed E-state index contributed by atoms with van der Waals surface area (Å²) < 4.78 is 0. The third-order valence-corrected chi connectivity index (χ3v) is 4.34. The smallest absolute Gasteiger partial charge is 0.317 e. The predicted molar refractivity (Wildman–Crippen MR) is 91.5 cm³/mol. The Bertz CT molecular complexity index is 455. The van der Waals surface area contributed by atoms with Gasteiger partial charge in [0.2, 0.25) is 0 Å². The number of hydrogen-bond acceptors (Lipinski definition) is 2. The minimum Gasteiger partial charge on any atom is -0.338 e. The van der Waals surface area contributed by atoms with Gasteiger partial charge in [-0.3, -0.25) is 4.90 Å². The number of benzene rings is 1. The van der Waals surface area contributed by atoms with Gasteiger partial charge in [0.05, 0.1) is 0 Å². The zero-order valence-corrected chi connectivity index (χ0v) is 14.1. The number of nitrogens with zero attached hydrogens (tertiary/aromatic N) is 2. The second kappa shape index (κ2) is 9.01. The van der Waals surface area contributed by atoms with Crippen molar-refractivity contribution in [3.8, 4) is 0 Å². The molecule has 1 aliphatic heterocycles. The fourth-order valence-corrected chi connectivity index (χ4v) is 2.76. The van der Waals surface area contributed by atoms with E-state index < -0.39 is 0 Å². The highest BCUT2D eigenvalue weighted by Crippen LogP contribution is 2.09. The summed E-state index contributed by atoms with van der Waals surface area (Å²) in [6, 6.07) is 7.83. The maximum atomic E-state index is 12.1. The summed E-state index contributed by atoms with van der Waals surface area (Å²) >= 11 is 5.86. The fourth-order valence-electron chi connectivity index (χ4n) is 2.63. The third-order valence-electron chi connectivity index (χ3n) is 4.09. The van der Waals surface area contributed by atoms with Gasteiger partial charge in [-0.25, -0.2) is 4.79 Å². The van der Waals surface area contributed by atoms with Crippen LogP contribution in [0.25, 0.3) is 0 Å². The van der Waals surface area contributed by atoms with E-state index in [2.05, 4.69) is 17.1 Å². The van der Waals surface area contributed by atoms with E-state index >= 15 is 0 Å². The molecule has 0 bridgehead atoms. The van der Waals surface area contributed by atoms with Crippen LogP contribution in [0.2, 0.25) is 5.02 Å². The molecule has 1 N–H and O–H groups in total. The average molecular weight is 324 g/mol. The van der Waals surface area contributed by atoms with Crippen LogP contribution in [0.4, 0.5) is 4.79 Å². The highest BCUT2D eigenvalue weighted by atomic mass is 35.5. The van der Waals surface area contributed by atoms with Crippen LogP contribution < -0.4 is 5.32 Å². The molecule has 0 aliphatic carbocycles. The molecule has 1 heterocycles. The SMILES string of the molecule is CCCCN1CCN(C(=O)NCCc2ccc(Cl)cc2)CC1. The van der Waals surface area contributed by atoms with Crippen LogP contribution in [-0.2, 0) is 6.42 Å². The molecule has 1 aliphatic rings. The van der Waals surface area contributed by atoms with E-state index in [1.165, 1.54) is 18.4 Å². The summed E-state index contributed by atoms with van der Waals surface area (Å²) in [5, 5.41) is 3.75. The topological polar surface area (TPSA) is 35.6 Å². The Morgan fingerprint density at radius 3 is 2.50 bits per heavy atom. The second-order valence-corrected chi connectivity index (χ2v) is 6.23. The van der Waals surface area contributed by atoms with Crippen molar-refractivity contribution >= 4 is 17.6 Å². The molecule has 4 nitrogen and oxygen atoms in total. The number of piperazine rings is 1. The first-order valence-electron chi connectivity index (χ1n) is 8.18. The van der Waals surface area contributed by atoms with Crippen LogP contribution in [0.3, 0.4) is 0 Å². The summed E-state index contributed by atoms with van der Waals surface area (Å²) in [6.45, 7) is 7.67. The summed E-state index contributed by atoms with van der Waals surface area (Å²) in [4.78, 5) is 16.5. The lowest BCUT2D eigenvalue weighted by molar-refractivity contribution is 0.138. The molecular weight excluding hydrogens is 298 g/mol. The largest absolute Gasteiger partial charge is 0.338 e. The van der Waals surface area contributed by atoms with Gasteiger partial charge in [-0.1, -0.05) is 37.1 Å². The van der Waals surface area contributed by atoms with E-state index in [0.717, 1.165) is 44.2 Å². The number of nitrogens with one attached hydrogen (secondary N) is 1. The molecule has 0 aromatic heterocycles. The van der Waals surface area contributed by atoms with E-state index in [9.17, 15) is 4.79 Å². The standard InChI is InChI=1S/C17H26ClN3O/c1-2-3-10-20-11-13-21(14-12-20)17(22)19-9-8-15-4-6-16(18)7-5-15/h4-7H,2-3,8-14H2,1H3,(H,19,22). The van der Waals surface area contributed by atoms with Crippen LogP contribution >= 0.6 is 11.6 Å². The quantitative estimate of drug-likeness (QED) is 0.873. The molecule has 122 valence electrons. The first kappa shape index (κ1) is 17.1. The summed E-state index contributed by atoms with van der Waals surface area (Å²) in [5.74, 6) is 0. The molecule has 0 unspecified atom stereocenters. The molecular formula is C17H26ClN3O. The lowest BCUT2D eigenvalue weighted by Gasteiger charge is -2.34. The number of amides is 2. The van der Waals surface area contributed by atoms with Crippen molar-refractivity contribution < 1.29 is 4.79 Å². The number of unbranched alkanes of at least 4 members (excludes halogenated alkanes) is 1. The zero-order valence-electron chi connectivity index (χ0n) is 13.4. The van der Waals surface area contributed by atoms with Crippen LogP contribution in [0.5, 0.6) is 0 Å². The molecule has 22 heavy (non-hydrogen) atoms. The Morgan fingerprint density at radius 2 is 1.86 bits per heavy atom. The van der Waals surface area contributed by atoms with Gasteiger partial charge in [-0.2, -0.15) is 0 Å².